The number of benzene rings is 2. The zero-order chi connectivity index (χ0) is 16.2. The maximum Gasteiger partial charge on any atom is 0.103 e. The number of hydrogen-bond acceptors (Lipinski definition) is 1. The topological polar surface area (TPSA) is 7.68 Å². The number of para-hydroxylation sites is 1. The van der Waals surface area contributed by atoms with Gasteiger partial charge in [0, 0.05) is 11.3 Å². The molecule has 23 heavy (non-hydrogen) atoms. The van der Waals surface area contributed by atoms with Gasteiger partial charge in [0.05, 0.1) is 26.2 Å². The molecular formula is C21H29N2+. The minimum absolute atomic E-state index is 0.619. The van der Waals surface area contributed by atoms with Crippen molar-refractivity contribution in [2.45, 2.75) is 33.2 Å². The minimum atomic E-state index is 0.619. The average Bonchev–Trinajstić information content (AvgIpc) is 2.57. The van der Waals surface area contributed by atoms with Gasteiger partial charge in [0.2, 0.25) is 0 Å². The predicted octanol–water partition coefficient (Wildman–Crippen LogP) is 3.02. The molecule has 1 aliphatic heterocycles. The number of quaternary nitrogens is 1. The lowest BCUT2D eigenvalue weighted by molar-refractivity contribution is -0.914. The third-order valence-corrected chi connectivity index (χ3v) is 5.03. The normalized spacial score (nSPS) is 16.1. The number of aryl methyl sites for hydroxylation is 1. The molecule has 2 heteroatoms. The highest BCUT2D eigenvalue weighted by atomic mass is 15.3. The molecule has 2 nitrogen and oxygen atoms in total. The SMILES string of the molecule is Cc1ccccc1N1CC[NH+](Cc2ccc(C(C)C)cc2)CC1. The molecule has 0 aromatic heterocycles. The molecule has 1 heterocycles. The van der Waals surface area contributed by atoms with Crippen LogP contribution in [0.5, 0.6) is 0 Å². The Balaban J connectivity index is 1.56. The van der Waals surface area contributed by atoms with Crippen LogP contribution in [0.1, 0.15) is 36.5 Å². The Hall–Kier alpha value is -1.80. The molecule has 1 aliphatic rings. The number of anilines is 1. The van der Waals surface area contributed by atoms with Gasteiger partial charge in [-0.1, -0.05) is 56.3 Å². The molecule has 3 rings (SSSR count). The molecule has 2 aromatic rings. The first-order valence-electron chi connectivity index (χ1n) is 8.86. The summed E-state index contributed by atoms with van der Waals surface area (Å²) in [6, 6.07) is 18.0. The Kier molecular flexibility index (Phi) is 5.02. The summed E-state index contributed by atoms with van der Waals surface area (Å²) in [5.74, 6) is 0.619. The molecule has 2 aromatic carbocycles. The lowest BCUT2D eigenvalue weighted by Crippen LogP contribution is -3.13. The van der Waals surface area contributed by atoms with Crippen LogP contribution in [0.4, 0.5) is 5.69 Å². The first kappa shape index (κ1) is 16.1. The molecule has 0 unspecified atom stereocenters. The van der Waals surface area contributed by atoms with Gasteiger partial charge in [0.25, 0.3) is 0 Å². The average molecular weight is 309 g/mol. The van der Waals surface area contributed by atoms with Gasteiger partial charge in [-0.3, -0.25) is 0 Å². The minimum Gasteiger partial charge on any atom is -0.360 e. The van der Waals surface area contributed by atoms with Crippen molar-refractivity contribution in [1.29, 1.82) is 0 Å². The largest absolute Gasteiger partial charge is 0.360 e. The molecule has 0 saturated carbocycles. The zero-order valence-corrected chi connectivity index (χ0v) is 14.7. The molecule has 1 N–H and O–H groups in total. The van der Waals surface area contributed by atoms with Crippen molar-refractivity contribution < 1.29 is 4.90 Å². The first-order valence-corrected chi connectivity index (χ1v) is 8.86. The van der Waals surface area contributed by atoms with E-state index in [4.69, 9.17) is 0 Å². The Bertz CT molecular complexity index is 623. The van der Waals surface area contributed by atoms with E-state index < -0.39 is 0 Å². The van der Waals surface area contributed by atoms with Crippen molar-refractivity contribution in [2.75, 3.05) is 31.1 Å². The number of hydrogen-bond donors (Lipinski definition) is 1. The fraction of sp³-hybridized carbons (Fsp3) is 0.429. The van der Waals surface area contributed by atoms with Crippen LogP contribution in [0.25, 0.3) is 0 Å². The molecule has 0 aliphatic carbocycles. The van der Waals surface area contributed by atoms with E-state index in [9.17, 15) is 0 Å². The van der Waals surface area contributed by atoms with E-state index in [2.05, 4.69) is 74.2 Å². The van der Waals surface area contributed by atoms with E-state index in [1.165, 1.54) is 35.5 Å². The van der Waals surface area contributed by atoms with E-state index in [-0.39, 0.29) is 0 Å². The van der Waals surface area contributed by atoms with Crippen LogP contribution in [-0.4, -0.2) is 26.2 Å². The fourth-order valence-electron chi connectivity index (χ4n) is 3.47. The third-order valence-electron chi connectivity index (χ3n) is 5.03. The molecular weight excluding hydrogens is 280 g/mol. The predicted molar refractivity (Wildman–Crippen MR) is 98.3 cm³/mol. The van der Waals surface area contributed by atoms with Crippen molar-refractivity contribution in [3.63, 3.8) is 0 Å². The molecule has 1 saturated heterocycles. The van der Waals surface area contributed by atoms with Crippen LogP contribution in [0.2, 0.25) is 0 Å². The smallest absolute Gasteiger partial charge is 0.103 e. The van der Waals surface area contributed by atoms with Crippen LogP contribution in [0.15, 0.2) is 48.5 Å². The van der Waals surface area contributed by atoms with E-state index >= 15 is 0 Å². The van der Waals surface area contributed by atoms with E-state index in [1.54, 1.807) is 4.90 Å². The van der Waals surface area contributed by atoms with Crippen LogP contribution < -0.4 is 9.80 Å². The van der Waals surface area contributed by atoms with Crippen molar-refractivity contribution in [3.8, 4) is 0 Å². The lowest BCUT2D eigenvalue weighted by Gasteiger charge is -2.34. The van der Waals surface area contributed by atoms with E-state index in [1.807, 2.05) is 0 Å². The molecule has 0 atom stereocenters. The molecule has 0 bridgehead atoms. The quantitative estimate of drug-likeness (QED) is 0.912. The Labute approximate surface area is 140 Å². The first-order chi connectivity index (χ1) is 11.1. The van der Waals surface area contributed by atoms with Crippen LogP contribution in [-0.2, 0) is 6.54 Å². The van der Waals surface area contributed by atoms with Gasteiger partial charge in [-0.25, -0.2) is 0 Å². The summed E-state index contributed by atoms with van der Waals surface area (Å²) in [7, 11) is 0. The highest BCUT2D eigenvalue weighted by Crippen LogP contribution is 2.19. The van der Waals surface area contributed by atoms with Crippen LogP contribution >= 0.6 is 0 Å². The fourth-order valence-corrected chi connectivity index (χ4v) is 3.47. The second-order valence-corrected chi connectivity index (χ2v) is 7.10. The maximum atomic E-state index is 2.54. The molecule has 0 radical (unpaired) electrons. The molecule has 0 amide bonds. The second kappa shape index (κ2) is 7.18. The van der Waals surface area contributed by atoms with Gasteiger partial charge in [-0.2, -0.15) is 0 Å². The zero-order valence-electron chi connectivity index (χ0n) is 14.7. The Morgan fingerprint density at radius 1 is 0.957 bits per heavy atom. The van der Waals surface area contributed by atoms with Crippen LogP contribution in [0, 0.1) is 6.92 Å². The van der Waals surface area contributed by atoms with Crippen molar-refractivity contribution in [1.82, 2.24) is 0 Å². The van der Waals surface area contributed by atoms with E-state index in [0.29, 0.717) is 5.92 Å². The number of nitrogens with zero attached hydrogens (tertiary/aromatic N) is 1. The van der Waals surface area contributed by atoms with Gasteiger partial charge in [-0.15, -0.1) is 0 Å². The number of rotatable bonds is 4. The van der Waals surface area contributed by atoms with Crippen LogP contribution in [0.3, 0.4) is 0 Å². The monoisotopic (exact) mass is 309 g/mol. The summed E-state index contributed by atoms with van der Waals surface area (Å²) < 4.78 is 0. The summed E-state index contributed by atoms with van der Waals surface area (Å²) >= 11 is 0. The second-order valence-electron chi connectivity index (χ2n) is 7.10. The van der Waals surface area contributed by atoms with Gasteiger partial charge in [0.15, 0.2) is 0 Å². The summed E-state index contributed by atoms with van der Waals surface area (Å²) in [4.78, 5) is 4.24. The van der Waals surface area contributed by atoms with Gasteiger partial charge >= 0.3 is 0 Å². The Morgan fingerprint density at radius 3 is 2.22 bits per heavy atom. The standard InChI is InChI=1S/C21H28N2/c1-17(2)20-10-8-19(9-11-20)16-22-12-14-23(15-13-22)21-7-5-4-6-18(21)3/h4-11,17H,12-16H2,1-3H3/p+1. The van der Waals surface area contributed by atoms with E-state index in [0.717, 1.165) is 19.6 Å². The van der Waals surface area contributed by atoms with Gasteiger partial charge < -0.3 is 9.80 Å². The molecule has 122 valence electrons. The highest BCUT2D eigenvalue weighted by Gasteiger charge is 2.21. The summed E-state index contributed by atoms with van der Waals surface area (Å²) in [5.41, 5.74) is 5.70. The number of nitrogens with one attached hydrogen (secondary N) is 1. The molecule has 1 fully saturated rings. The Morgan fingerprint density at radius 2 is 1.61 bits per heavy atom. The lowest BCUT2D eigenvalue weighted by atomic mass is 10.0. The highest BCUT2D eigenvalue weighted by molar-refractivity contribution is 5.53. The number of piperazine rings is 1. The van der Waals surface area contributed by atoms with Crippen molar-refractivity contribution in [3.05, 3.63) is 65.2 Å². The summed E-state index contributed by atoms with van der Waals surface area (Å²) in [5, 5.41) is 0. The summed E-state index contributed by atoms with van der Waals surface area (Å²) in [6.07, 6.45) is 0. The maximum absolute atomic E-state index is 2.54. The molecule has 0 spiro atoms. The summed E-state index contributed by atoms with van der Waals surface area (Å²) in [6.45, 7) is 12.6. The van der Waals surface area contributed by atoms with Gasteiger partial charge in [-0.05, 0) is 30.0 Å². The van der Waals surface area contributed by atoms with Gasteiger partial charge in [0.1, 0.15) is 6.54 Å². The van der Waals surface area contributed by atoms with Crippen molar-refractivity contribution >= 4 is 5.69 Å². The third kappa shape index (κ3) is 3.94. The van der Waals surface area contributed by atoms with Crippen molar-refractivity contribution in [2.24, 2.45) is 0 Å².